The number of nitrogens with zero attached hydrogens (tertiary/aromatic N) is 1. The van der Waals surface area contributed by atoms with Crippen LogP contribution in [0.1, 0.15) is 26.3 Å². The van der Waals surface area contributed by atoms with Gasteiger partial charge in [-0.3, -0.25) is 0 Å². The quantitative estimate of drug-likeness (QED) is 0.834. The molecule has 0 unspecified atom stereocenters. The van der Waals surface area contributed by atoms with Crippen LogP contribution in [0.3, 0.4) is 0 Å². The summed E-state index contributed by atoms with van der Waals surface area (Å²) >= 11 is 6.04. The highest BCUT2D eigenvalue weighted by Gasteiger charge is 2.17. The maximum absolute atomic E-state index is 9.89. The molecule has 2 N–H and O–H groups in total. The predicted octanol–water partition coefficient (Wildman–Crippen LogP) is 2.66. The molecule has 0 saturated heterocycles. The van der Waals surface area contributed by atoms with E-state index in [-0.39, 0.29) is 0 Å². The number of hydrogen-bond acceptors (Lipinski definition) is 3. The molecular weight excluding hydrogens is 248 g/mol. The molecule has 0 aliphatic rings. The molecule has 0 aliphatic carbocycles. The second-order valence-corrected chi connectivity index (χ2v) is 5.66. The van der Waals surface area contributed by atoms with E-state index >= 15 is 0 Å². The van der Waals surface area contributed by atoms with Crippen LogP contribution in [0.15, 0.2) is 18.2 Å². The van der Waals surface area contributed by atoms with E-state index in [9.17, 15) is 5.11 Å². The van der Waals surface area contributed by atoms with Gasteiger partial charge in [-0.05, 0) is 44.2 Å². The Morgan fingerprint density at radius 1 is 1.39 bits per heavy atom. The summed E-state index contributed by atoms with van der Waals surface area (Å²) in [6, 6.07) is 5.86. The Labute approximate surface area is 115 Å². The number of benzene rings is 1. The van der Waals surface area contributed by atoms with E-state index < -0.39 is 5.60 Å². The summed E-state index contributed by atoms with van der Waals surface area (Å²) in [7, 11) is 1.98. The molecule has 1 aromatic carbocycles. The largest absolute Gasteiger partial charge is 0.389 e. The molecule has 0 spiro atoms. The Morgan fingerprint density at radius 2 is 2.06 bits per heavy atom. The average molecular weight is 271 g/mol. The highest BCUT2D eigenvalue weighted by atomic mass is 35.5. The zero-order valence-electron chi connectivity index (χ0n) is 11.6. The van der Waals surface area contributed by atoms with Crippen molar-refractivity contribution < 1.29 is 5.11 Å². The van der Waals surface area contributed by atoms with Crippen LogP contribution in [0.5, 0.6) is 0 Å². The van der Waals surface area contributed by atoms with Crippen LogP contribution in [-0.4, -0.2) is 30.8 Å². The van der Waals surface area contributed by atoms with E-state index in [1.165, 1.54) is 0 Å². The van der Waals surface area contributed by atoms with Crippen molar-refractivity contribution >= 4 is 17.3 Å². The Bertz CT molecular complexity index is 388. The molecule has 0 aliphatic heterocycles. The van der Waals surface area contributed by atoms with Gasteiger partial charge in [-0.25, -0.2) is 0 Å². The lowest BCUT2D eigenvalue weighted by molar-refractivity contribution is 0.0886. The number of anilines is 1. The van der Waals surface area contributed by atoms with Crippen LogP contribution in [-0.2, 0) is 6.54 Å². The van der Waals surface area contributed by atoms with Crippen molar-refractivity contribution in [1.82, 2.24) is 5.32 Å². The van der Waals surface area contributed by atoms with Gasteiger partial charge in [0.15, 0.2) is 0 Å². The zero-order chi connectivity index (χ0) is 13.8. The molecular formula is C14H23ClN2O. The van der Waals surface area contributed by atoms with Gasteiger partial charge in [0.05, 0.1) is 5.60 Å². The molecule has 0 atom stereocenters. The van der Waals surface area contributed by atoms with E-state index in [4.69, 9.17) is 11.6 Å². The van der Waals surface area contributed by atoms with Crippen LogP contribution in [0, 0.1) is 0 Å². The SMILES string of the molecule is CCNCc1cc(Cl)ccc1N(C)CC(C)(C)O. The molecule has 0 saturated carbocycles. The first-order chi connectivity index (χ1) is 8.33. The first-order valence-corrected chi connectivity index (χ1v) is 6.64. The number of hydrogen-bond donors (Lipinski definition) is 2. The van der Waals surface area contributed by atoms with Crippen LogP contribution in [0.2, 0.25) is 5.02 Å². The third-order valence-corrected chi connectivity index (χ3v) is 2.88. The average Bonchev–Trinajstić information content (AvgIpc) is 2.23. The minimum atomic E-state index is -0.718. The molecule has 1 rings (SSSR count). The molecule has 0 aromatic heterocycles. The number of likely N-dealkylation sites (N-methyl/N-ethyl adjacent to an activating group) is 1. The lowest BCUT2D eigenvalue weighted by Gasteiger charge is -2.29. The van der Waals surface area contributed by atoms with Crippen LogP contribution < -0.4 is 10.2 Å². The zero-order valence-corrected chi connectivity index (χ0v) is 12.4. The molecule has 0 radical (unpaired) electrons. The van der Waals surface area contributed by atoms with Gasteiger partial charge in [-0.1, -0.05) is 18.5 Å². The Balaban J connectivity index is 2.92. The van der Waals surface area contributed by atoms with Gasteiger partial charge >= 0.3 is 0 Å². The summed E-state index contributed by atoms with van der Waals surface area (Å²) in [5.41, 5.74) is 1.53. The number of rotatable bonds is 6. The summed E-state index contributed by atoms with van der Waals surface area (Å²) in [6.07, 6.45) is 0. The Kier molecular flexibility index (Phi) is 5.45. The molecule has 1 aromatic rings. The number of halogens is 1. The maximum Gasteiger partial charge on any atom is 0.0765 e. The second kappa shape index (κ2) is 6.41. The molecule has 18 heavy (non-hydrogen) atoms. The minimum Gasteiger partial charge on any atom is -0.389 e. The third kappa shape index (κ3) is 4.84. The first-order valence-electron chi connectivity index (χ1n) is 6.26. The fraction of sp³-hybridized carbons (Fsp3) is 0.571. The van der Waals surface area contributed by atoms with E-state index in [0.717, 1.165) is 29.4 Å². The third-order valence-electron chi connectivity index (χ3n) is 2.64. The van der Waals surface area contributed by atoms with Crippen molar-refractivity contribution in [1.29, 1.82) is 0 Å². The fourth-order valence-corrected chi connectivity index (χ4v) is 2.19. The topological polar surface area (TPSA) is 35.5 Å². The second-order valence-electron chi connectivity index (χ2n) is 5.22. The predicted molar refractivity (Wildman–Crippen MR) is 78.4 cm³/mol. The van der Waals surface area contributed by atoms with Gasteiger partial charge in [0.2, 0.25) is 0 Å². The number of nitrogens with one attached hydrogen (secondary N) is 1. The molecule has 0 heterocycles. The molecule has 0 bridgehead atoms. The lowest BCUT2D eigenvalue weighted by atomic mass is 10.1. The summed E-state index contributed by atoms with van der Waals surface area (Å²) < 4.78 is 0. The van der Waals surface area contributed by atoms with Gasteiger partial charge in [-0.15, -0.1) is 0 Å². The standard InChI is InChI=1S/C14H23ClN2O/c1-5-16-9-11-8-12(15)6-7-13(11)17(4)10-14(2,3)18/h6-8,16,18H,5,9-10H2,1-4H3. The molecule has 0 amide bonds. The summed E-state index contributed by atoms with van der Waals surface area (Å²) in [5.74, 6) is 0. The van der Waals surface area contributed by atoms with Gasteiger partial charge in [0.1, 0.15) is 0 Å². The van der Waals surface area contributed by atoms with E-state index in [1.807, 2.05) is 39.1 Å². The molecule has 3 nitrogen and oxygen atoms in total. The Hall–Kier alpha value is -0.770. The van der Waals surface area contributed by atoms with Crippen molar-refractivity contribution in [3.63, 3.8) is 0 Å². The van der Waals surface area contributed by atoms with Crippen LogP contribution in [0.4, 0.5) is 5.69 Å². The van der Waals surface area contributed by atoms with Gasteiger partial charge in [-0.2, -0.15) is 0 Å². The lowest BCUT2D eigenvalue weighted by Crippen LogP contribution is -2.36. The van der Waals surface area contributed by atoms with E-state index in [1.54, 1.807) is 0 Å². The van der Waals surface area contributed by atoms with Crippen LogP contribution >= 0.6 is 11.6 Å². The smallest absolute Gasteiger partial charge is 0.0765 e. The van der Waals surface area contributed by atoms with E-state index in [0.29, 0.717) is 6.54 Å². The van der Waals surface area contributed by atoms with Gasteiger partial charge in [0.25, 0.3) is 0 Å². The molecule has 0 fully saturated rings. The highest BCUT2D eigenvalue weighted by Crippen LogP contribution is 2.24. The first kappa shape index (κ1) is 15.3. The van der Waals surface area contributed by atoms with E-state index in [2.05, 4.69) is 17.1 Å². The summed E-state index contributed by atoms with van der Waals surface area (Å²) in [5, 5.41) is 13.9. The summed E-state index contributed by atoms with van der Waals surface area (Å²) in [6.45, 7) is 7.97. The Morgan fingerprint density at radius 3 is 2.61 bits per heavy atom. The van der Waals surface area contributed by atoms with Gasteiger partial charge < -0.3 is 15.3 Å². The van der Waals surface area contributed by atoms with Crippen molar-refractivity contribution in [3.8, 4) is 0 Å². The van der Waals surface area contributed by atoms with Crippen LogP contribution in [0.25, 0.3) is 0 Å². The van der Waals surface area contributed by atoms with Crippen molar-refractivity contribution in [2.75, 3.05) is 25.0 Å². The van der Waals surface area contributed by atoms with Crippen molar-refractivity contribution in [2.24, 2.45) is 0 Å². The molecule has 4 heteroatoms. The highest BCUT2D eigenvalue weighted by molar-refractivity contribution is 6.30. The van der Waals surface area contributed by atoms with Crippen molar-refractivity contribution in [3.05, 3.63) is 28.8 Å². The van der Waals surface area contributed by atoms with Gasteiger partial charge in [0, 0.05) is 30.8 Å². The monoisotopic (exact) mass is 270 g/mol. The normalized spacial score (nSPS) is 11.7. The minimum absolute atomic E-state index is 0.577. The summed E-state index contributed by atoms with van der Waals surface area (Å²) in [4.78, 5) is 2.06. The maximum atomic E-state index is 9.89. The number of aliphatic hydroxyl groups is 1. The fourth-order valence-electron chi connectivity index (χ4n) is 1.99. The van der Waals surface area contributed by atoms with Crippen molar-refractivity contribution in [2.45, 2.75) is 32.9 Å². The molecule has 102 valence electrons.